The lowest BCUT2D eigenvalue weighted by molar-refractivity contribution is 0.0903. The van der Waals surface area contributed by atoms with E-state index in [0.29, 0.717) is 17.8 Å². The molecule has 0 radical (unpaired) electrons. The molecular weight excluding hydrogens is 312 g/mol. The van der Waals surface area contributed by atoms with Gasteiger partial charge < -0.3 is 5.11 Å². The van der Waals surface area contributed by atoms with E-state index in [4.69, 9.17) is 5.11 Å². The molecule has 0 bridgehead atoms. The van der Waals surface area contributed by atoms with Crippen LogP contribution in [0.3, 0.4) is 0 Å². The van der Waals surface area contributed by atoms with E-state index in [2.05, 4.69) is 41.2 Å². The summed E-state index contributed by atoms with van der Waals surface area (Å²) >= 11 is 0. The zero-order chi connectivity index (χ0) is 17.7. The maximum atomic E-state index is 11.5. The Labute approximate surface area is 147 Å². The molecule has 4 heteroatoms. The van der Waals surface area contributed by atoms with Crippen LogP contribution >= 0.6 is 0 Å². The van der Waals surface area contributed by atoms with E-state index in [-0.39, 0.29) is 11.2 Å². The monoisotopic (exact) mass is 332 g/mol. The fourth-order valence-electron chi connectivity index (χ4n) is 2.98. The molecule has 1 heterocycles. The van der Waals surface area contributed by atoms with Crippen molar-refractivity contribution in [1.29, 1.82) is 0 Å². The zero-order valence-corrected chi connectivity index (χ0v) is 14.1. The van der Waals surface area contributed by atoms with E-state index < -0.39 is 6.61 Å². The fraction of sp³-hybridized carbons (Fsp3) is 0.190. The average molecular weight is 332 g/mol. The lowest BCUT2D eigenvalue weighted by Crippen LogP contribution is -2.27. The van der Waals surface area contributed by atoms with Gasteiger partial charge in [0.1, 0.15) is 12.4 Å². The molecule has 0 aliphatic carbocycles. The molecule has 0 saturated heterocycles. The van der Waals surface area contributed by atoms with Gasteiger partial charge in [-0.15, -0.1) is 0 Å². The smallest absolute Gasteiger partial charge is 0.191 e. The van der Waals surface area contributed by atoms with Crippen molar-refractivity contribution in [3.63, 3.8) is 0 Å². The number of hydrogen-bond acceptors (Lipinski definition) is 4. The van der Waals surface area contributed by atoms with Crippen LogP contribution in [0.4, 0.5) is 0 Å². The second-order valence-electron chi connectivity index (χ2n) is 6.21. The summed E-state index contributed by atoms with van der Waals surface area (Å²) in [7, 11) is 0. The predicted molar refractivity (Wildman–Crippen MR) is 96.5 cm³/mol. The molecule has 0 aliphatic rings. The molecule has 0 unspecified atom stereocenters. The number of carbonyl (C=O) groups is 1. The third-order valence-electron chi connectivity index (χ3n) is 4.50. The van der Waals surface area contributed by atoms with Gasteiger partial charge in [0.15, 0.2) is 5.78 Å². The van der Waals surface area contributed by atoms with Crippen molar-refractivity contribution in [2.45, 2.75) is 18.8 Å². The van der Waals surface area contributed by atoms with Crippen molar-refractivity contribution in [2.75, 3.05) is 6.61 Å². The Morgan fingerprint density at radius 2 is 1.40 bits per heavy atom. The molecule has 0 fully saturated rings. The Hall–Kier alpha value is -2.85. The van der Waals surface area contributed by atoms with Crippen molar-refractivity contribution in [1.82, 2.24) is 9.97 Å². The maximum Gasteiger partial charge on any atom is 0.191 e. The number of ketones is 1. The first kappa shape index (κ1) is 17.0. The summed E-state index contributed by atoms with van der Waals surface area (Å²) in [6, 6.07) is 20.5. The highest BCUT2D eigenvalue weighted by atomic mass is 16.3. The minimum Gasteiger partial charge on any atom is -0.388 e. The largest absolute Gasteiger partial charge is 0.388 e. The predicted octanol–water partition coefficient (Wildman–Crippen LogP) is 3.20. The topological polar surface area (TPSA) is 63.1 Å². The number of nitrogens with zero attached hydrogens (tertiary/aromatic N) is 2. The van der Waals surface area contributed by atoms with E-state index in [0.717, 1.165) is 0 Å². The number of hydrogen-bond donors (Lipinski definition) is 1. The molecule has 3 aromatic rings. The first-order chi connectivity index (χ1) is 12.1. The number of aliphatic hydroxyl groups excluding tert-OH is 1. The van der Waals surface area contributed by atoms with E-state index in [1.807, 2.05) is 36.4 Å². The number of rotatable bonds is 6. The van der Waals surface area contributed by atoms with Crippen molar-refractivity contribution >= 4 is 5.78 Å². The SMILES string of the molecule is CC(Cc1ncc(C(=O)CO)cn1)(c1ccccc1)c1ccccc1. The highest BCUT2D eigenvalue weighted by Gasteiger charge is 2.30. The van der Waals surface area contributed by atoms with Crippen LogP contribution in [0.5, 0.6) is 0 Å². The molecular formula is C21H20N2O2. The Kier molecular flexibility index (Phi) is 5.00. The lowest BCUT2D eigenvalue weighted by atomic mass is 9.73. The molecule has 2 aromatic carbocycles. The van der Waals surface area contributed by atoms with Gasteiger partial charge >= 0.3 is 0 Å². The first-order valence-corrected chi connectivity index (χ1v) is 8.19. The van der Waals surface area contributed by atoms with E-state index in [1.54, 1.807) is 0 Å². The summed E-state index contributed by atoms with van der Waals surface area (Å²) in [4.78, 5) is 20.2. The van der Waals surface area contributed by atoms with Crippen LogP contribution < -0.4 is 0 Å². The quantitative estimate of drug-likeness (QED) is 0.704. The second-order valence-corrected chi connectivity index (χ2v) is 6.21. The molecule has 0 saturated carbocycles. The van der Waals surface area contributed by atoms with E-state index in [1.165, 1.54) is 23.5 Å². The molecule has 1 N–H and O–H groups in total. The fourth-order valence-corrected chi connectivity index (χ4v) is 2.98. The molecule has 4 nitrogen and oxygen atoms in total. The van der Waals surface area contributed by atoms with Crippen LogP contribution in [0.15, 0.2) is 73.1 Å². The van der Waals surface area contributed by atoms with Crippen LogP contribution in [0.25, 0.3) is 0 Å². The van der Waals surface area contributed by atoms with Crippen molar-refractivity contribution in [2.24, 2.45) is 0 Å². The average Bonchev–Trinajstić information content (AvgIpc) is 2.69. The number of carbonyl (C=O) groups excluding carboxylic acids is 1. The Morgan fingerprint density at radius 1 is 0.920 bits per heavy atom. The molecule has 0 spiro atoms. The van der Waals surface area contributed by atoms with Gasteiger partial charge in [0.2, 0.25) is 0 Å². The van der Waals surface area contributed by atoms with Gasteiger partial charge in [0.05, 0.1) is 5.56 Å². The summed E-state index contributed by atoms with van der Waals surface area (Å²) in [5.41, 5.74) is 2.40. The summed E-state index contributed by atoms with van der Waals surface area (Å²) in [6.45, 7) is 1.64. The van der Waals surface area contributed by atoms with Crippen molar-refractivity contribution < 1.29 is 9.90 Å². The van der Waals surface area contributed by atoms with Gasteiger partial charge in [0, 0.05) is 24.2 Å². The lowest BCUT2D eigenvalue weighted by Gasteiger charge is -2.30. The van der Waals surface area contributed by atoms with Crippen molar-refractivity contribution in [3.05, 3.63) is 95.6 Å². The normalized spacial score (nSPS) is 11.3. The Bertz CT molecular complexity index is 791. The number of benzene rings is 2. The maximum absolute atomic E-state index is 11.5. The number of aromatic nitrogens is 2. The highest BCUT2D eigenvalue weighted by Crippen LogP contribution is 2.34. The van der Waals surface area contributed by atoms with Crippen LogP contribution in [-0.4, -0.2) is 27.5 Å². The first-order valence-electron chi connectivity index (χ1n) is 8.19. The zero-order valence-electron chi connectivity index (χ0n) is 14.1. The van der Waals surface area contributed by atoms with Gasteiger partial charge in [-0.1, -0.05) is 67.6 Å². The van der Waals surface area contributed by atoms with Gasteiger partial charge in [-0.2, -0.15) is 0 Å². The van der Waals surface area contributed by atoms with Gasteiger partial charge in [-0.3, -0.25) is 4.79 Å². The van der Waals surface area contributed by atoms with Gasteiger partial charge in [-0.05, 0) is 11.1 Å². The van der Waals surface area contributed by atoms with Gasteiger partial charge in [-0.25, -0.2) is 9.97 Å². The summed E-state index contributed by atoms with van der Waals surface area (Å²) in [6.07, 6.45) is 3.57. The molecule has 25 heavy (non-hydrogen) atoms. The van der Waals surface area contributed by atoms with Crippen LogP contribution in [0, 0.1) is 0 Å². The summed E-state index contributed by atoms with van der Waals surface area (Å²) in [5, 5.41) is 8.94. The molecule has 0 atom stereocenters. The third-order valence-corrected chi connectivity index (χ3v) is 4.50. The van der Waals surface area contributed by atoms with Crippen molar-refractivity contribution in [3.8, 4) is 0 Å². The molecule has 126 valence electrons. The molecule has 0 amide bonds. The second kappa shape index (κ2) is 7.36. The highest BCUT2D eigenvalue weighted by molar-refractivity contribution is 5.96. The molecule has 1 aromatic heterocycles. The summed E-state index contributed by atoms with van der Waals surface area (Å²) < 4.78 is 0. The number of aliphatic hydroxyl groups is 1. The van der Waals surface area contributed by atoms with E-state index in [9.17, 15) is 4.79 Å². The number of Topliss-reactive ketones (excluding diaryl/α,β-unsaturated/α-hetero) is 1. The van der Waals surface area contributed by atoms with Crippen LogP contribution in [-0.2, 0) is 11.8 Å². The molecule has 3 rings (SSSR count). The Morgan fingerprint density at radius 3 is 1.84 bits per heavy atom. The summed E-state index contributed by atoms with van der Waals surface area (Å²) in [5.74, 6) is 0.283. The minimum absolute atomic E-state index is 0.287. The van der Waals surface area contributed by atoms with E-state index >= 15 is 0 Å². The van der Waals surface area contributed by atoms with Crippen LogP contribution in [0.2, 0.25) is 0 Å². The molecule has 0 aliphatic heterocycles. The third kappa shape index (κ3) is 3.64. The minimum atomic E-state index is -0.533. The van der Waals surface area contributed by atoms with Gasteiger partial charge in [0.25, 0.3) is 0 Å². The van der Waals surface area contributed by atoms with Crippen LogP contribution in [0.1, 0.15) is 34.2 Å². The Balaban J connectivity index is 1.98. The standard InChI is InChI=1S/C21H20N2O2/c1-21(17-8-4-2-5-9-17,18-10-6-3-7-11-18)12-20-22-13-16(14-23-20)19(25)15-24/h2-11,13-14,24H,12,15H2,1H3.